The van der Waals surface area contributed by atoms with Crippen LogP contribution in [0.15, 0.2) is 48.7 Å². The van der Waals surface area contributed by atoms with Gasteiger partial charge in [0, 0.05) is 23.5 Å². The van der Waals surface area contributed by atoms with Gasteiger partial charge in [-0.05, 0) is 86.1 Å². The number of aryl methyl sites for hydroxylation is 2. The first-order chi connectivity index (χ1) is 16.1. The van der Waals surface area contributed by atoms with Gasteiger partial charge in [-0.3, -0.25) is 4.79 Å². The van der Waals surface area contributed by atoms with E-state index in [-0.39, 0.29) is 5.91 Å². The van der Waals surface area contributed by atoms with Crippen LogP contribution in [0.25, 0.3) is 0 Å². The third-order valence-electron chi connectivity index (χ3n) is 6.13. The van der Waals surface area contributed by atoms with Crippen LogP contribution in [0.4, 0.5) is 28.8 Å². The summed E-state index contributed by atoms with van der Waals surface area (Å²) in [7, 11) is 0. The van der Waals surface area contributed by atoms with Crippen molar-refractivity contribution >= 4 is 46.3 Å². The van der Waals surface area contributed by atoms with E-state index in [0.29, 0.717) is 29.1 Å². The molecule has 3 heterocycles. The van der Waals surface area contributed by atoms with Gasteiger partial charge in [0.05, 0.1) is 6.20 Å². The van der Waals surface area contributed by atoms with Crippen LogP contribution in [-0.2, 0) is 17.6 Å². The summed E-state index contributed by atoms with van der Waals surface area (Å²) in [6, 6.07) is 14.2. The second kappa shape index (κ2) is 9.77. The Morgan fingerprint density at radius 2 is 2.03 bits per heavy atom. The standard InChI is InChI=1S/C25H27ClN6O/c26-21-15-28-25-30-19-5-1-3-16(11-19)6-7-18-13-20(29-24(21)32-25)8-9-22(18)31-23(33)12-17-4-2-10-27-14-17/h1,3,5,8-9,11,13,15,17,27H,2,4,6-7,10,12,14H2,(H,31,33)(H2,28,29,30,32)/t17-/m0/s1. The minimum Gasteiger partial charge on any atom is -0.339 e. The van der Waals surface area contributed by atoms with Gasteiger partial charge in [0.2, 0.25) is 11.9 Å². The van der Waals surface area contributed by atoms with Crippen molar-refractivity contribution in [1.82, 2.24) is 15.3 Å². The van der Waals surface area contributed by atoms with Crippen LogP contribution >= 0.6 is 11.6 Å². The Labute approximate surface area is 198 Å². The molecule has 0 saturated carbocycles. The van der Waals surface area contributed by atoms with Gasteiger partial charge in [-0.1, -0.05) is 23.7 Å². The molecule has 1 saturated heterocycles. The summed E-state index contributed by atoms with van der Waals surface area (Å²) >= 11 is 6.35. The van der Waals surface area contributed by atoms with E-state index in [4.69, 9.17) is 11.6 Å². The van der Waals surface area contributed by atoms with E-state index in [1.807, 2.05) is 24.3 Å². The zero-order chi connectivity index (χ0) is 22.6. The second-order valence-corrected chi connectivity index (χ2v) is 9.08. The number of hydrogen-bond donors (Lipinski definition) is 4. The third kappa shape index (κ3) is 5.43. The van der Waals surface area contributed by atoms with E-state index >= 15 is 0 Å². The normalized spacial score (nSPS) is 17.4. The van der Waals surface area contributed by atoms with Crippen LogP contribution in [-0.4, -0.2) is 29.0 Å². The molecule has 1 amide bonds. The zero-order valence-corrected chi connectivity index (χ0v) is 19.1. The number of rotatable bonds is 3. The number of benzene rings is 2. The maximum atomic E-state index is 12.8. The van der Waals surface area contributed by atoms with Crippen LogP contribution in [0.1, 0.15) is 30.4 Å². The Kier molecular flexibility index (Phi) is 6.41. The first kappa shape index (κ1) is 21.7. The Bertz CT molecular complexity index is 1160. The molecule has 6 bridgehead atoms. The lowest BCUT2D eigenvalue weighted by Crippen LogP contribution is -2.32. The molecule has 1 fully saturated rings. The van der Waals surface area contributed by atoms with Gasteiger partial charge in [0.15, 0.2) is 5.82 Å². The minimum absolute atomic E-state index is 0.0678. The summed E-state index contributed by atoms with van der Waals surface area (Å²) in [4.78, 5) is 21.6. The van der Waals surface area contributed by atoms with Crippen molar-refractivity contribution < 1.29 is 4.79 Å². The van der Waals surface area contributed by atoms with Crippen molar-refractivity contribution in [3.63, 3.8) is 0 Å². The molecule has 0 aliphatic carbocycles. The molecule has 7 nitrogen and oxygen atoms in total. The van der Waals surface area contributed by atoms with Gasteiger partial charge in [0.1, 0.15) is 5.02 Å². The SMILES string of the molecule is O=C(C[C@@H]1CCCNC1)Nc1ccc2cc1CCc1cccc(c1)Nc1ncc(Cl)c(n1)N2. The fourth-order valence-corrected chi connectivity index (χ4v) is 4.56. The summed E-state index contributed by atoms with van der Waals surface area (Å²) in [6.45, 7) is 1.96. The highest BCUT2D eigenvalue weighted by molar-refractivity contribution is 6.32. The number of nitrogens with one attached hydrogen (secondary N) is 4. The highest BCUT2D eigenvalue weighted by atomic mass is 35.5. The Morgan fingerprint density at radius 3 is 2.91 bits per heavy atom. The molecule has 0 spiro atoms. The average Bonchev–Trinajstić information content (AvgIpc) is 2.82. The van der Waals surface area contributed by atoms with Crippen LogP contribution in [0.3, 0.4) is 0 Å². The predicted octanol–water partition coefficient (Wildman–Crippen LogP) is 5.04. The summed E-state index contributed by atoms with van der Waals surface area (Å²) < 4.78 is 0. The molecule has 8 heteroatoms. The van der Waals surface area contributed by atoms with E-state index in [0.717, 1.165) is 61.4 Å². The number of piperidine rings is 1. The van der Waals surface area contributed by atoms with Gasteiger partial charge in [-0.2, -0.15) is 4.98 Å². The lowest BCUT2D eigenvalue weighted by atomic mass is 9.95. The number of nitrogens with zero attached hydrogens (tertiary/aromatic N) is 2. The number of fused-ring (bicyclic) bond motifs is 6. The molecule has 170 valence electrons. The molecule has 2 aromatic carbocycles. The molecule has 1 atom stereocenters. The van der Waals surface area contributed by atoms with Crippen molar-refractivity contribution in [1.29, 1.82) is 0 Å². The van der Waals surface area contributed by atoms with E-state index in [1.165, 1.54) is 5.56 Å². The van der Waals surface area contributed by atoms with E-state index in [2.05, 4.69) is 49.4 Å². The van der Waals surface area contributed by atoms with Crippen LogP contribution in [0.5, 0.6) is 0 Å². The molecule has 4 N–H and O–H groups in total. The summed E-state index contributed by atoms with van der Waals surface area (Å²) in [5, 5.41) is 13.5. The molecular formula is C25H27ClN6O. The van der Waals surface area contributed by atoms with Crippen molar-refractivity contribution in [2.45, 2.75) is 32.1 Å². The maximum absolute atomic E-state index is 12.8. The van der Waals surface area contributed by atoms with Gasteiger partial charge in [-0.25, -0.2) is 4.98 Å². The van der Waals surface area contributed by atoms with E-state index < -0.39 is 0 Å². The number of amides is 1. The first-order valence-electron chi connectivity index (χ1n) is 11.4. The summed E-state index contributed by atoms with van der Waals surface area (Å²) in [5.74, 6) is 1.46. The van der Waals surface area contributed by atoms with Crippen molar-refractivity contribution in [3.05, 3.63) is 64.8 Å². The van der Waals surface area contributed by atoms with Gasteiger partial charge in [0.25, 0.3) is 0 Å². The third-order valence-corrected chi connectivity index (χ3v) is 6.40. The van der Waals surface area contributed by atoms with Gasteiger partial charge >= 0.3 is 0 Å². The lowest BCUT2D eigenvalue weighted by molar-refractivity contribution is -0.117. The maximum Gasteiger partial charge on any atom is 0.229 e. The first-order valence-corrected chi connectivity index (χ1v) is 11.8. The van der Waals surface area contributed by atoms with Crippen LogP contribution in [0, 0.1) is 5.92 Å². The van der Waals surface area contributed by atoms with Crippen LogP contribution < -0.4 is 21.3 Å². The highest BCUT2D eigenvalue weighted by Crippen LogP contribution is 2.29. The van der Waals surface area contributed by atoms with E-state index in [1.54, 1.807) is 6.20 Å². The smallest absolute Gasteiger partial charge is 0.229 e. The number of carbonyl (C=O) groups excluding carboxylic acids is 1. The molecule has 2 aliphatic heterocycles. The predicted molar refractivity (Wildman–Crippen MR) is 133 cm³/mol. The molecule has 5 rings (SSSR count). The molecular weight excluding hydrogens is 436 g/mol. The zero-order valence-electron chi connectivity index (χ0n) is 18.3. The largest absolute Gasteiger partial charge is 0.339 e. The number of carbonyl (C=O) groups is 1. The quantitative estimate of drug-likeness (QED) is 0.435. The molecule has 33 heavy (non-hydrogen) atoms. The lowest BCUT2D eigenvalue weighted by Gasteiger charge is -2.22. The summed E-state index contributed by atoms with van der Waals surface area (Å²) in [6.07, 6.45) is 5.98. The minimum atomic E-state index is 0.0678. The van der Waals surface area contributed by atoms with Crippen molar-refractivity contribution in [2.75, 3.05) is 29.0 Å². The van der Waals surface area contributed by atoms with Crippen LogP contribution in [0.2, 0.25) is 5.02 Å². The fraction of sp³-hybridized carbons (Fsp3) is 0.320. The Balaban J connectivity index is 1.43. The van der Waals surface area contributed by atoms with Gasteiger partial charge < -0.3 is 21.3 Å². The van der Waals surface area contributed by atoms with E-state index in [9.17, 15) is 4.79 Å². The Morgan fingerprint density at radius 1 is 1.12 bits per heavy atom. The summed E-state index contributed by atoms with van der Waals surface area (Å²) in [5.41, 5.74) is 4.89. The molecule has 3 aromatic rings. The van der Waals surface area contributed by atoms with Crippen molar-refractivity contribution in [2.24, 2.45) is 5.92 Å². The van der Waals surface area contributed by atoms with Gasteiger partial charge in [-0.15, -0.1) is 0 Å². The topological polar surface area (TPSA) is 91.0 Å². The Hall–Kier alpha value is -3.16. The molecule has 0 unspecified atom stereocenters. The molecule has 0 radical (unpaired) electrons. The highest BCUT2D eigenvalue weighted by Gasteiger charge is 2.18. The number of anilines is 5. The number of aromatic nitrogens is 2. The fourth-order valence-electron chi connectivity index (χ4n) is 4.43. The number of halogens is 1. The molecule has 1 aromatic heterocycles. The monoisotopic (exact) mass is 462 g/mol. The average molecular weight is 463 g/mol. The number of hydrogen-bond acceptors (Lipinski definition) is 6. The second-order valence-electron chi connectivity index (χ2n) is 8.68. The molecule has 2 aliphatic rings. The van der Waals surface area contributed by atoms with Crippen molar-refractivity contribution in [3.8, 4) is 0 Å².